The lowest BCUT2D eigenvalue weighted by molar-refractivity contribution is -0.140. The number of nitrogens with zero attached hydrogens (tertiary/aromatic N) is 2. The van der Waals surface area contributed by atoms with Gasteiger partial charge in [-0.15, -0.1) is 0 Å². The molecule has 2 aromatic carbocycles. The first-order valence-corrected chi connectivity index (χ1v) is 12.8. The van der Waals surface area contributed by atoms with Gasteiger partial charge in [-0.2, -0.15) is 0 Å². The van der Waals surface area contributed by atoms with Crippen molar-refractivity contribution >= 4 is 23.4 Å². The van der Waals surface area contributed by atoms with E-state index in [9.17, 15) is 19.5 Å². The number of likely N-dealkylation sites (tertiary alicyclic amines) is 1. The molecule has 2 aromatic rings. The van der Waals surface area contributed by atoms with E-state index >= 15 is 0 Å². The zero-order valence-electron chi connectivity index (χ0n) is 22.9. The summed E-state index contributed by atoms with van der Waals surface area (Å²) >= 11 is 0. The Morgan fingerprint density at radius 1 is 1.05 bits per heavy atom. The number of Topliss-reactive ketones (excluding diaryl/α,β-unsaturated/α-hetero) is 1. The molecule has 1 fully saturated rings. The maximum absolute atomic E-state index is 13.4. The van der Waals surface area contributed by atoms with E-state index in [2.05, 4.69) is 25.7 Å². The summed E-state index contributed by atoms with van der Waals surface area (Å²) in [7, 11) is 0. The van der Waals surface area contributed by atoms with Crippen LogP contribution in [-0.4, -0.2) is 58.7 Å². The van der Waals surface area contributed by atoms with Gasteiger partial charge >= 0.3 is 5.97 Å². The highest BCUT2D eigenvalue weighted by Gasteiger charge is 2.46. The number of carbonyl (C=O) groups excluding carboxylic acids is 3. The molecule has 1 atom stereocenters. The van der Waals surface area contributed by atoms with Gasteiger partial charge in [0.2, 0.25) is 0 Å². The molecule has 1 amide bonds. The molecule has 1 aliphatic rings. The topological polar surface area (TPSA) is 87.2 Å². The molecule has 0 aromatic heterocycles. The van der Waals surface area contributed by atoms with Crippen LogP contribution in [0.15, 0.2) is 48.0 Å². The van der Waals surface area contributed by atoms with Gasteiger partial charge in [0.05, 0.1) is 11.6 Å². The second-order valence-electron chi connectivity index (χ2n) is 10.5. The molecular weight excluding hydrogens is 468 g/mol. The van der Waals surface area contributed by atoms with Crippen molar-refractivity contribution in [2.24, 2.45) is 0 Å². The molecule has 1 heterocycles. The van der Waals surface area contributed by atoms with Crippen LogP contribution >= 0.6 is 0 Å². The van der Waals surface area contributed by atoms with E-state index in [-0.39, 0.29) is 16.7 Å². The molecule has 1 saturated heterocycles. The lowest BCUT2D eigenvalue weighted by Crippen LogP contribution is -2.38. The predicted octanol–water partition coefficient (Wildman–Crippen LogP) is 4.98. The van der Waals surface area contributed by atoms with Crippen LogP contribution < -0.4 is 4.74 Å². The summed E-state index contributed by atoms with van der Waals surface area (Å²) in [6.45, 7) is 16.1. The van der Waals surface area contributed by atoms with E-state index in [1.807, 2.05) is 39.0 Å². The minimum Gasteiger partial charge on any atom is -0.507 e. The van der Waals surface area contributed by atoms with E-state index < -0.39 is 23.7 Å². The van der Waals surface area contributed by atoms with Crippen LogP contribution in [0.3, 0.4) is 0 Å². The molecular formula is C30H38N2O5. The van der Waals surface area contributed by atoms with Crippen molar-refractivity contribution in [1.82, 2.24) is 9.80 Å². The van der Waals surface area contributed by atoms with Gasteiger partial charge in [-0.1, -0.05) is 58.9 Å². The van der Waals surface area contributed by atoms with E-state index in [1.165, 1.54) is 11.8 Å². The highest BCUT2D eigenvalue weighted by molar-refractivity contribution is 6.46. The third-order valence-electron chi connectivity index (χ3n) is 6.91. The monoisotopic (exact) mass is 506 g/mol. The summed E-state index contributed by atoms with van der Waals surface area (Å²) in [5.41, 5.74) is 2.92. The Bertz CT molecular complexity index is 1200. The molecule has 0 aliphatic carbocycles. The van der Waals surface area contributed by atoms with Crippen molar-refractivity contribution in [1.29, 1.82) is 0 Å². The number of amides is 1. The minimum absolute atomic E-state index is 0.0685. The SMILES string of the molecule is CCN(CC)CCN1C(=O)C(=O)/C(=C(/O)c2cc(C(C)(C)C)ccc2C)C1c1ccc(OC(C)=O)cc1. The molecule has 0 bridgehead atoms. The largest absolute Gasteiger partial charge is 0.507 e. The molecule has 7 heteroatoms. The predicted molar refractivity (Wildman–Crippen MR) is 144 cm³/mol. The zero-order valence-corrected chi connectivity index (χ0v) is 22.9. The van der Waals surface area contributed by atoms with E-state index in [0.717, 1.165) is 24.2 Å². The van der Waals surface area contributed by atoms with Crippen molar-refractivity contribution in [2.75, 3.05) is 26.2 Å². The number of rotatable bonds is 8. The Hall–Kier alpha value is -3.45. The molecule has 198 valence electrons. The molecule has 1 unspecified atom stereocenters. The van der Waals surface area contributed by atoms with Crippen molar-refractivity contribution < 1.29 is 24.2 Å². The van der Waals surface area contributed by atoms with E-state index in [1.54, 1.807) is 24.3 Å². The maximum Gasteiger partial charge on any atom is 0.308 e. The standard InChI is InChI=1S/C30H38N2O5/c1-8-31(9-2)16-17-32-26(21-11-14-23(15-12-21)37-20(4)33)25(28(35)29(32)36)27(34)24-18-22(30(5,6)7)13-10-19(24)3/h10-15,18,26,34H,8-9,16-17H2,1-7H3/b27-25+. The Morgan fingerprint density at radius 2 is 1.68 bits per heavy atom. The maximum atomic E-state index is 13.4. The number of ketones is 1. The number of ether oxygens (including phenoxy) is 1. The molecule has 3 rings (SSSR count). The smallest absolute Gasteiger partial charge is 0.308 e. The van der Waals surface area contributed by atoms with Gasteiger partial charge in [0.25, 0.3) is 11.7 Å². The summed E-state index contributed by atoms with van der Waals surface area (Å²) in [5, 5.41) is 11.6. The van der Waals surface area contributed by atoms with Crippen LogP contribution in [0.1, 0.15) is 69.8 Å². The van der Waals surface area contributed by atoms with Crippen LogP contribution in [-0.2, 0) is 19.8 Å². The van der Waals surface area contributed by atoms with Crippen LogP contribution in [0.2, 0.25) is 0 Å². The summed E-state index contributed by atoms with van der Waals surface area (Å²) in [6.07, 6.45) is 0. The molecule has 1 aliphatic heterocycles. The quantitative estimate of drug-likeness (QED) is 0.179. The van der Waals surface area contributed by atoms with Gasteiger partial charge < -0.3 is 19.6 Å². The lowest BCUT2D eigenvalue weighted by Gasteiger charge is -2.28. The Kier molecular flexibility index (Phi) is 8.59. The van der Waals surface area contributed by atoms with Crippen molar-refractivity contribution in [3.8, 4) is 5.75 Å². The summed E-state index contributed by atoms with van der Waals surface area (Å²) in [5.74, 6) is -1.59. The molecule has 0 radical (unpaired) electrons. The number of aliphatic hydroxyl groups excluding tert-OH is 1. The fraction of sp³-hybridized carbons (Fsp3) is 0.433. The Balaban J connectivity index is 2.16. The number of hydrogen-bond donors (Lipinski definition) is 1. The van der Waals surface area contributed by atoms with Crippen LogP contribution in [0.25, 0.3) is 5.76 Å². The van der Waals surface area contributed by atoms with Crippen LogP contribution in [0.4, 0.5) is 0 Å². The third-order valence-corrected chi connectivity index (χ3v) is 6.91. The number of aliphatic hydroxyl groups is 1. The second kappa shape index (κ2) is 11.3. The lowest BCUT2D eigenvalue weighted by atomic mass is 9.84. The normalized spacial score (nSPS) is 17.5. The van der Waals surface area contributed by atoms with Gasteiger partial charge in [0.1, 0.15) is 11.5 Å². The van der Waals surface area contributed by atoms with Crippen molar-refractivity contribution in [3.63, 3.8) is 0 Å². The molecule has 37 heavy (non-hydrogen) atoms. The number of esters is 1. The molecule has 0 spiro atoms. The molecule has 7 nitrogen and oxygen atoms in total. The summed E-state index contributed by atoms with van der Waals surface area (Å²) in [6, 6.07) is 11.8. The van der Waals surface area contributed by atoms with Crippen molar-refractivity contribution in [2.45, 2.75) is 59.9 Å². The number of aryl methyl sites for hydroxylation is 1. The molecule has 1 N–H and O–H groups in total. The molecule has 0 saturated carbocycles. The van der Waals surface area contributed by atoms with E-state index in [4.69, 9.17) is 4.74 Å². The highest BCUT2D eigenvalue weighted by Crippen LogP contribution is 2.40. The van der Waals surface area contributed by atoms with Crippen LogP contribution in [0.5, 0.6) is 5.75 Å². The number of carbonyl (C=O) groups is 3. The van der Waals surface area contributed by atoms with E-state index in [0.29, 0.717) is 30.0 Å². The average Bonchev–Trinajstić information content (AvgIpc) is 3.09. The van der Waals surface area contributed by atoms with Gasteiger partial charge in [-0.3, -0.25) is 14.4 Å². The highest BCUT2D eigenvalue weighted by atomic mass is 16.5. The minimum atomic E-state index is -0.764. The first-order valence-electron chi connectivity index (χ1n) is 12.8. The number of hydrogen-bond acceptors (Lipinski definition) is 6. The fourth-order valence-electron chi connectivity index (χ4n) is 4.62. The number of likely N-dealkylation sites (N-methyl/N-ethyl adjacent to an activating group) is 1. The third kappa shape index (κ3) is 6.10. The van der Waals surface area contributed by atoms with Gasteiger partial charge in [0, 0.05) is 25.6 Å². The second-order valence-corrected chi connectivity index (χ2v) is 10.5. The van der Waals surface area contributed by atoms with Gasteiger partial charge in [-0.05, 0) is 60.3 Å². The fourth-order valence-corrected chi connectivity index (χ4v) is 4.62. The van der Waals surface area contributed by atoms with Gasteiger partial charge in [0.15, 0.2) is 0 Å². The van der Waals surface area contributed by atoms with Crippen molar-refractivity contribution in [3.05, 3.63) is 70.3 Å². The zero-order chi connectivity index (χ0) is 27.5. The first-order chi connectivity index (χ1) is 17.4. The Morgan fingerprint density at radius 3 is 2.22 bits per heavy atom. The Labute approximate surface area is 219 Å². The summed E-state index contributed by atoms with van der Waals surface area (Å²) < 4.78 is 5.16. The van der Waals surface area contributed by atoms with Crippen LogP contribution in [0, 0.1) is 6.92 Å². The summed E-state index contributed by atoms with van der Waals surface area (Å²) in [4.78, 5) is 41.8. The van der Waals surface area contributed by atoms with Gasteiger partial charge in [-0.25, -0.2) is 0 Å². The number of benzene rings is 2. The average molecular weight is 507 g/mol. The first kappa shape index (κ1) is 28.1.